The third-order valence-electron chi connectivity index (χ3n) is 4.40. The number of rotatable bonds is 4. The molecule has 3 rings (SSSR count). The molecule has 1 aliphatic heterocycles. The molecular formula is C18H22N4O4S2. The van der Waals surface area contributed by atoms with Crippen LogP contribution in [-0.2, 0) is 14.8 Å². The number of hydrogen-bond donors (Lipinski definition) is 3. The van der Waals surface area contributed by atoms with Crippen molar-refractivity contribution < 1.29 is 18.0 Å². The van der Waals surface area contributed by atoms with Gasteiger partial charge in [-0.1, -0.05) is 18.2 Å². The minimum atomic E-state index is -3.61. The Kier molecular flexibility index (Phi) is 6.32. The van der Waals surface area contributed by atoms with Crippen molar-refractivity contribution in [3.8, 4) is 0 Å². The van der Waals surface area contributed by atoms with Crippen molar-refractivity contribution in [3.63, 3.8) is 0 Å². The molecule has 28 heavy (non-hydrogen) atoms. The van der Waals surface area contributed by atoms with Crippen molar-refractivity contribution in [2.24, 2.45) is 5.92 Å². The summed E-state index contributed by atoms with van der Waals surface area (Å²) in [7, 11) is -3.61. The summed E-state index contributed by atoms with van der Waals surface area (Å²) in [5.74, 6) is -0.938. The predicted octanol–water partition coefficient (Wildman–Crippen LogP) is 2.31. The fourth-order valence-electron chi connectivity index (χ4n) is 2.96. The van der Waals surface area contributed by atoms with E-state index in [4.69, 9.17) is 0 Å². The lowest BCUT2D eigenvalue weighted by molar-refractivity contribution is -0.126. The largest absolute Gasteiger partial charge is 0.337 e. The second-order valence-corrected chi connectivity index (χ2v) is 9.95. The number of sulfonamides is 1. The SMILES string of the molecule is Cc1ccc(S(=O)(=O)N2CCCC(C(=O)NNC(=O)Nc3ccccc3)C2)s1. The van der Waals surface area contributed by atoms with Crippen LogP contribution >= 0.6 is 11.3 Å². The fourth-order valence-corrected chi connectivity index (χ4v) is 5.92. The van der Waals surface area contributed by atoms with E-state index in [9.17, 15) is 18.0 Å². The van der Waals surface area contributed by atoms with Gasteiger partial charge in [0.1, 0.15) is 4.21 Å². The second kappa shape index (κ2) is 8.72. The molecule has 0 bridgehead atoms. The summed E-state index contributed by atoms with van der Waals surface area (Å²) in [4.78, 5) is 25.2. The standard InChI is InChI=1S/C18H22N4O4S2/c1-13-9-10-16(27-13)28(25,26)22-11-5-6-14(12-22)17(23)20-21-18(24)19-15-7-3-2-4-8-15/h2-4,7-10,14H,5-6,11-12H2,1H3,(H,20,23)(H2,19,21,24). The van der Waals surface area contributed by atoms with Gasteiger partial charge in [-0.15, -0.1) is 11.3 Å². The normalized spacial score (nSPS) is 17.7. The Hall–Kier alpha value is -2.43. The van der Waals surface area contributed by atoms with Crippen LogP contribution in [0.1, 0.15) is 17.7 Å². The Morgan fingerprint density at radius 3 is 2.54 bits per heavy atom. The fraction of sp³-hybridized carbons (Fsp3) is 0.333. The van der Waals surface area contributed by atoms with Crippen molar-refractivity contribution in [1.82, 2.24) is 15.2 Å². The molecule has 1 aromatic carbocycles. The number of para-hydroxylation sites is 1. The molecule has 10 heteroatoms. The van der Waals surface area contributed by atoms with E-state index >= 15 is 0 Å². The van der Waals surface area contributed by atoms with Crippen molar-refractivity contribution in [2.75, 3.05) is 18.4 Å². The first-order valence-corrected chi connectivity index (χ1v) is 11.1. The van der Waals surface area contributed by atoms with Crippen molar-refractivity contribution in [1.29, 1.82) is 0 Å². The van der Waals surface area contributed by atoms with E-state index in [0.29, 0.717) is 25.1 Å². The molecule has 1 aliphatic rings. The third kappa shape index (κ3) is 4.89. The van der Waals surface area contributed by atoms with Crippen molar-refractivity contribution in [3.05, 3.63) is 47.3 Å². The number of anilines is 1. The van der Waals surface area contributed by atoms with E-state index in [-0.39, 0.29) is 10.8 Å². The number of hydrogen-bond acceptors (Lipinski definition) is 5. The Balaban J connectivity index is 1.55. The average molecular weight is 423 g/mol. The van der Waals surface area contributed by atoms with Crippen LogP contribution < -0.4 is 16.2 Å². The van der Waals surface area contributed by atoms with Gasteiger partial charge in [0.05, 0.1) is 5.92 Å². The Bertz CT molecular complexity index is 944. The Morgan fingerprint density at radius 1 is 1.11 bits per heavy atom. The van der Waals surface area contributed by atoms with Crippen molar-refractivity contribution in [2.45, 2.75) is 24.0 Å². The van der Waals surface area contributed by atoms with Crippen LogP contribution in [0.2, 0.25) is 0 Å². The van der Waals surface area contributed by atoms with Gasteiger partial charge in [-0.2, -0.15) is 4.31 Å². The lowest BCUT2D eigenvalue weighted by atomic mass is 9.99. The number of carbonyl (C=O) groups excluding carboxylic acids is 2. The maximum atomic E-state index is 12.8. The summed E-state index contributed by atoms with van der Waals surface area (Å²) in [5, 5.41) is 2.59. The van der Waals surface area contributed by atoms with Gasteiger partial charge in [-0.25, -0.2) is 18.6 Å². The molecule has 0 saturated carbocycles. The number of aryl methyl sites for hydroxylation is 1. The number of nitrogens with zero attached hydrogens (tertiary/aromatic N) is 1. The molecule has 1 fully saturated rings. The van der Waals surface area contributed by atoms with Crippen LogP contribution in [-0.4, -0.2) is 37.8 Å². The number of urea groups is 1. The van der Waals surface area contributed by atoms with E-state index in [1.165, 1.54) is 15.6 Å². The first-order chi connectivity index (χ1) is 13.4. The summed E-state index contributed by atoms with van der Waals surface area (Å²) in [6.07, 6.45) is 1.14. The van der Waals surface area contributed by atoms with Gasteiger partial charge in [0.2, 0.25) is 5.91 Å². The molecule has 8 nitrogen and oxygen atoms in total. The highest BCUT2D eigenvalue weighted by molar-refractivity contribution is 7.91. The minimum absolute atomic E-state index is 0.0904. The van der Waals surface area contributed by atoms with Gasteiger partial charge < -0.3 is 5.32 Å². The highest BCUT2D eigenvalue weighted by atomic mass is 32.2. The molecule has 150 valence electrons. The predicted molar refractivity (Wildman–Crippen MR) is 107 cm³/mol. The smallest absolute Gasteiger partial charge is 0.307 e. The molecule has 2 aromatic rings. The Labute approximate surface area is 168 Å². The lowest BCUT2D eigenvalue weighted by Crippen LogP contribution is -2.50. The highest BCUT2D eigenvalue weighted by Gasteiger charge is 2.34. The van der Waals surface area contributed by atoms with E-state index in [0.717, 1.165) is 4.88 Å². The topological polar surface area (TPSA) is 108 Å². The van der Waals surface area contributed by atoms with Crippen LogP contribution in [0.3, 0.4) is 0 Å². The molecule has 1 unspecified atom stereocenters. The van der Waals surface area contributed by atoms with Crippen LogP contribution in [0.4, 0.5) is 10.5 Å². The molecule has 2 heterocycles. The van der Waals surface area contributed by atoms with Gasteiger partial charge in [0, 0.05) is 23.7 Å². The lowest BCUT2D eigenvalue weighted by Gasteiger charge is -2.30. The molecule has 3 amide bonds. The third-order valence-corrected chi connectivity index (χ3v) is 7.73. The summed E-state index contributed by atoms with van der Waals surface area (Å²) in [5.41, 5.74) is 5.26. The maximum absolute atomic E-state index is 12.8. The van der Waals surface area contributed by atoms with E-state index in [1.54, 1.807) is 36.4 Å². The van der Waals surface area contributed by atoms with Gasteiger partial charge in [-0.05, 0) is 44.0 Å². The molecule has 0 radical (unpaired) electrons. The molecule has 1 atom stereocenters. The summed E-state index contributed by atoms with van der Waals surface area (Å²) < 4.78 is 27.2. The molecule has 0 spiro atoms. The second-order valence-electron chi connectivity index (χ2n) is 6.50. The van der Waals surface area contributed by atoms with Gasteiger partial charge in [-0.3, -0.25) is 10.2 Å². The molecule has 3 N–H and O–H groups in total. The average Bonchev–Trinajstić information content (AvgIpc) is 3.14. The van der Waals surface area contributed by atoms with Crippen molar-refractivity contribution >= 4 is 39.0 Å². The number of piperidine rings is 1. The van der Waals surface area contributed by atoms with Gasteiger partial charge in [0.15, 0.2) is 0 Å². The first kappa shape index (κ1) is 20.3. The maximum Gasteiger partial charge on any atom is 0.337 e. The molecule has 0 aliphatic carbocycles. The summed E-state index contributed by atoms with van der Waals surface area (Å²) >= 11 is 1.22. The van der Waals surface area contributed by atoms with E-state index < -0.39 is 27.9 Å². The number of amides is 3. The summed E-state index contributed by atoms with van der Waals surface area (Å²) in [6.45, 7) is 2.32. The van der Waals surface area contributed by atoms with Crippen LogP contribution in [0.25, 0.3) is 0 Å². The number of thiophene rings is 1. The van der Waals surface area contributed by atoms with Crippen LogP contribution in [0, 0.1) is 12.8 Å². The van der Waals surface area contributed by atoms with Gasteiger partial charge >= 0.3 is 6.03 Å². The minimum Gasteiger partial charge on any atom is -0.307 e. The number of carbonyl (C=O) groups is 2. The van der Waals surface area contributed by atoms with Gasteiger partial charge in [0.25, 0.3) is 10.0 Å². The molecule has 1 saturated heterocycles. The van der Waals surface area contributed by atoms with E-state index in [2.05, 4.69) is 16.2 Å². The Morgan fingerprint density at radius 2 is 1.86 bits per heavy atom. The number of hydrazine groups is 1. The first-order valence-electron chi connectivity index (χ1n) is 8.85. The number of benzene rings is 1. The zero-order valence-corrected chi connectivity index (χ0v) is 17.0. The zero-order valence-electron chi connectivity index (χ0n) is 15.3. The quantitative estimate of drug-likeness (QED) is 0.657. The summed E-state index contributed by atoms with van der Waals surface area (Å²) in [6, 6.07) is 11.6. The monoisotopic (exact) mass is 422 g/mol. The highest BCUT2D eigenvalue weighted by Crippen LogP contribution is 2.28. The van der Waals surface area contributed by atoms with E-state index in [1.807, 2.05) is 13.0 Å². The number of nitrogens with one attached hydrogen (secondary N) is 3. The van der Waals surface area contributed by atoms with Crippen LogP contribution in [0.15, 0.2) is 46.7 Å². The molecular weight excluding hydrogens is 400 g/mol. The zero-order chi connectivity index (χ0) is 20.1. The van der Waals surface area contributed by atoms with Crippen LogP contribution in [0.5, 0.6) is 0 Å². The molecule has 1 aromatic heterocycles.